The molecule has 0 spiro atoms. The SMILES string of the molecule is FC1(F)[N]C(F)(F)C(F)(F)NC1(F)F. The summed E-state index contributed by atoms with van der Waals surface area (Å²) in [4.78, 5) is 0. The van der Waals surface area contributed by atoms with Gasteiger partial charge in [0.25, 0.3) is 0 Å². The predicted octanol–water partition coefficient (Wildman–Crippen LogP) is 1.57. The second-order valence-electron chi connectivity index (χ2n) is 2.47. The summed E-state index contributed by atoms with van der Waals surface area (Å²) in [5.41, 5.74) is 0. The number of alkyl halides is 8. The second-order valence-corrected chi connectivity index (χ2v) is 2.47. The fraction of sp³-hybridized carbons (Fsp3) is 1.00. The van der Waals surface area contributed by atoms with Crippen molar-refractivity contribution in [3.05, 3.63) is 0 Å². The zero-order chi connectivity index (χ0) is 11.4. The number of hydrogen-bond acceptors (Lipinski definition) is 1. The van der Waals surface area contributed by atoms with E-state index in [1.54, 1.807) is 0 Å². The first-order valence-corrected chi connectivity index (χ1v) is 2.96. The Morgan fingerprint density at radius 3 is 1.14 bits per heavy atom. The van der Waals surface area contributed by atoms with Crippen LogP contribution < -0.4 is 10.6 Å². The van der Waals surface area contributed by atoms with Crippen molar-refractivity contribution >= 4 is 0 Å². The topological polar surface area (TPSA) is 26.1 Å². The van der Waals surface area contributed by atoms with Gasteiger partial charge in [-0.05, 0) is 0 Å². The van der Waals surface area contributed by atoms with Gasteiger partial charge in [0, 0.05) is 0 Å². The first kappa shape index (κ1) is 11.4. The van der Waals surface area contributed by atoms with Gasteiger partial charge in [-0.15, -0.1) is 0 Å². The van der Waals surface area contributed by atoms with Gasteiger partial charge in [-0.2, -0.15) is 40.4 Å². The lowest BCUT2D eigenvalue weighted by molar-refractivity contribution is -0.389. The van der Waals surface area contributed by atoms with Crippen LogP contribution in [0, 0.1) is 0 Å². The molecule has 1 aliphatic heterocycles. The van der Waals surface area contributed by atoms with Gasteiger partial charge in [0.2, 0.25) is 0 Å². The summed E-state index contributed by atoms with van der Waals surface area (Å²) in [6.07, 6.45) is 0. The largest absolute Gasteiger partial charge is 0.399 e. The normalized spacial score (nSPS) is 32.6. The van der Waals surface area contributed by atoms with E-state index < -0.39 is 29.5 Å². The lowest BCUT2D eigenvalue weighted by Crippen LogP contribution is -2.76. The number of halogens is 8. The van der Waals surface area contributed by atoms with Gasteiger partial charge >= 0.3 is 24.2 Å². The first-order chi connectivity index (χ1) is 5.91. The van der Waals surface area contributed by atoms with Gasteiger partial charge in [-0.25, -0.2) is 0 Å². The molecule has 0 bridgehead atoms. The van der Waals surface area contributed by atoms with Crippen LogP contribution in [-0.4, -0.2) is 24.2 Å². The highest BCUT2D eigenvalue weighted by Crippen LogP contribution is 2.45. The molecule has 1 rings (SSSR count). The minimum Gasteiger partial charge on any atom is -0.184 e. The Bertz CT molecular complexity index is 198. The van der Waals surface area contributed by atoms with Crippen molar-refractivity contribution in [2.75, 3.05) is 0 Å². The highest BCUT2D eigenvalue weighted by Gasteiger charge is 2.77. The van der Waals surface area contributed by atoms with Crippen molar-refractivity contribution in [1.82, 2.24) is 10.6 Å². The van der Waals surface area contributed by atoms with Crippen LogP contribution in [0.3, 0.4) is 0 Å². The van der Waals surface area contributed by atoms with Crippen molar-refractivity contribution in [2.24, 2.45) is 0 Å². The smallest absolute Gasteiger partial charge is 0.184 e. The minimum atomic E-state index is -5.59. The molecule has 1 radical (unpaired) electrons. The molecule has 0 unspecified atom stereocenters. The summed E-state index contributed by atoms with van der Waals surface area (Å²) in [5, 5.41) is 0.375. The van der Waals surface area contributed by atoms with E-state index in [1.165, 1.54) is 0 Å². The van der Waals surface area contributed by atoms with Gasteiger partial charge < -0.3 is 0 Å². The molecule has 0 saturated carbocycles. The third-order valence-electron chi connectivity index (χ3n) is 1.35. The molecule has 1 saturated heterocycles. The lowest BCUT2D eigenvalue weighted by atomic mass is 10.3. The van der Waals surface area contributed by atoms with E-state index in [4.69, 9.17) is 0 Å². The second kappa shape index (κ2) is 2.48. The van der Waals surface area contributed by atoms with Crippen LogP contribution in [0.4, 0.5) is 35.1 Å². The Labute approximate surface area is 71.3 Å². The number of hydrogen-bond donors (Lipinski definition) is 1. The van der Waals surface area contributed by atoms with E-state index in [-0.39, 0.29) is 0 Å². The molecule has 1 aliphatic rings. The lowest BCUT2D eigenvalue weighted by Gasteiger charge is -2.39. The molecule has 0 aromatic rings. The Kier molecular flexibility index (Phi) is 2.03. The summed E-state index contributed by atoms with van der Waals surface area (Å²) < 4.78 is 96.3. The molecule has 1 heterocycles. The summed E-state index contributed by atoms with van der Waals surface area (Å²) >= 11 is 0. The minimum absolute atomic E-state index is 0.448. The zero-order valence-electron chi connectivity index (χ0n) is 5.97. The summed E-state index contributed by atoms with van der Waals surface area (Å²) in [6, 6.07) is -22.2. The number of nitrogens with one attached hydrogen (secondary N) is 1. The van der Waals surface area contributed by atoms with Crippen LogP contribution in [-0.2, 0) is 0 Å². The third kappa shape index (κ3) is 1.41. The van der Waals surface area contributed by atoms with Crippen LogP contribution in [0.5, 0.6) is 0 Å². The third-order valence-corrected chi connectivity index (χ3v) is 1.35. The van der Waals surface area contributed by atoms with Gasteiger partial charge in [0.1, 0.15) is 0 Å². The quantitative estimate of drug-likeness (QED) is 0.495. The summed E-state index contributed by atoms with van der Waals surface area (Å²) in [6.45, 7) is 0. The van der Waals surface area contributed by atoms with Crippen molar-refractivity contribution in [3.8, 4) is 0 Å². The average Bonchev–Trinajstić information content (AvgIpc) is 1.78. The van der Waals surface area contributed by atoms with Gasteiger partial charge in [0.15, 0.2) is 0 Å². The first-order valence-electron chi connectivity index (χ1n) is 2.96. The molecular weight excluding hydrogens is 228 g/mol. The zero-order valence-corrected chi connectivity index (χ0v) is 5.97. The van der Waals surface area contributed by atoms with E-state index >= 15 is 0 Å². The molecule has 0 atom stereocenters. The van der Waals surface area contributed by atoms with Crippen LogP contribution in [0.15, 0.2) is 0 Å². The summed E-state index contributed by atoms with van der Waals surface area (Å²) in [5.74, 6) is 0. The van der Waals surface area contributed by atoms with Crippen molar-refractivity contribution < 1.29 is 35.1 Å². The van der Waals surface area contributed by atoms with E-state index in [9.17, 15) is 35.1 Å². The van der Waals surface area contributed by atoms with E-state index in [0.717, 1.165) is 5.32 Å². The van der Waals surface area contributed by atoms with Crippen LogP contribution >= 0.6 is 0 Å². The maximum absolute atomic E-state index is 12.1. The number of rotatable bonds is 0. The molecule has 2 nitrogen and oxygen atoms in total. The van der Waals surface area contributed by atoms with E-state index in [2.05, 4.69) is 0 Å². The highest BCUT2D eigenvalue weighted by molar-refractivity contribution is 4.97. The van der Waals surface area contributed by atoms with Crippen molar-refractivity contribution in [3.63, 3.8) is 0 Å². The Balaban J connectivity index is 3.07. The maximum Gasteiger partial charge on any atom is 0.399 e. The highest BCUT2D eigenvalue weighted by atomic mass is 19.3. The fourth-order valence-corrected chi connectivity index (χ4v) is 0.664. The number of piperazine rings is 1. The molecule has 1 fully saturated rings. The van der Waals surface area contributed by atoms with Crippen molar-refractivity contribution in [1.29, 1.82) is 0 Å². The fourth-order valence-electron chi connectivity index (χ4n) is 0.664. The monoisotopic (exact) mass is 229 g/mol. The summed E-state index contributed by atoms with van der Waals surface area (Å²) in [7, 11) is 0. The molecule has 83 valence electrons. The predicted molar refractivity (Wildman–Crippen MR) is 25.1 cm³/mol. The Morgan fingerprint density at radius 2 is 0.929 bits per heavy atom. The molecule has 0 aromatic carbocycles. The molecular formula is C4HF8N2. The Morgan fingerprint density at radius 1 is 0.643 bits per heavy atom. The molecule has 1 N–H and O–H groups in total. The standard InChI is InChI=1S/C4HF8N2/c5-1(6)2(7,8)14-4(11,12)3(9,10)13-1/h13H. The molecule has 10 heteroatoms. The average molecular weight is 229 g/mol. The van der Waals surface area contributed by atoms with Crippen LogP contribution in [0.25, 0.3) is 0 Å². The molecule has 14 heavy (non-hydrogen) atoms. The van der Waals surface area contributed by atoms with E-state index in [1.807, 2.05) is 0 Å². The van der Waals surface area contributed by atoms with Gasteiger partial charge in [0.05, 0.1) is 0 Å². The van der Waals surface area contributed by atoms with Crippen LogP contribution in [0.2, 0.25) is 0 Å². The van der Waals surface area contributed by atoms with Crippen LogP contribution in [0.1, 0.15) is 0 Å². The molecule has 0 amide bonds. The number of nitrogens with zero attached hydrogens (tertiary/aromatic N) is 1. The molecule has 0 aromatic heterocycles. The Hall–Kier alpha value is -0.640. The molecule has 0 aliphatic carbocycles. The van der Waals surface area contributed by atoms with Gasteiger partial charge in [-0.1, -0.05) is 5.32 Å². The van der Waals surface area contributed by atoms with Gasteiger partial charge in [-0.3, -0.25) is 0 Å². The maximum atomic E-state index is 12.1. The van der Waals surface area contributed by atoms with Crippen molar-refractivity contribution in [2.45, 2.75) is 24.2 Å². The van der Waals surface area contributed by atoms with E-state index in [0.29, 0.717) is 0 Å².